The molecule has 0 aliphatic rings. The van der Waals surface area contributed by atoms with Crippen LogP contribution in [0.2, 0.25) is 5.02 Å². The van der Waals surface area contributed by atoms with Crippen molar-refractivity contribution in [3.8, 4) is 17.2 Å². The molecule has 5 rings (SSSR count). The van der Waals surface area contributed by atoms with Gasteiger partial charge in [0.2, 0.25) is 5.78 Å². The highest BCUT2D eigenvalue weighted by Crippen LogP contribution is 2.32. The lowest BCUT2D eigenvalue weighted by molar-refractivity contribution is 0.0963. The molecule has 0 fully saturated rings. The molecular weight excluding hydrogens is 442 g/mol. The zero-order valence-corrected chi connectivity index (χ0v) is 18.1. The third-order valence-corrected chi connectivity index (χ3v) is 5.58. The normalized spacial score (nSPS) is 11.1. The topological polar surface area (TPSA) is 98.2 Å². The van der Waals surface area contributed by atoms with Crippen LogP contribution in [-0.2, 0) is 0 Å². The van der Waals surface area contributed by atoms with Gasteiger partial charge in [-0.25, -0.2) is 4.98 Å². The molecule has 0 amide bonds. The van der Waals surface area contributed by atoms with Crippen molar-refractivity contribution in [2.24, 2.45) is 0 Å². The van der Waals surface area contributed by atoms with Crippen LogP contribution in [0.1, 0.15) is 32.3 Å². The molecule has 0 unspecified atom stereocenters. The molecule has 0 saturated heterocycles. The van der Waals surface area contributed by atoms with Crippen molar-refractivity contribution in [3.05, 3.63) is 101 Å². The standard InChI is InChI=1S/C25H16ClN3O4/c1-14-22(23(31)24-28-13-21(33-24)19-4-2-3-11-27-19)18-12-17(30)9-10-20(18)29(14)25(32)15-5-7-16(26)8-6-15/h2-13,30H,1H3. The molecule has 3 heterocycles. The summed E-state index contributed by atoms with van der Waals surface area (Å²) >= 11 is 5.95. The first kappa shape index (κ1) is 20.7. The van der Waals surface area contributed by atoms with Gasteiger partial charge in [-0.15, -0.1) is 0 Å². The number of ketones is 1. The van der Waals surface area contributed by atoms with Gasteiger partial charge in [0.15, 0.2) is 5.76 Å². The Kier molecular flexibility index (Phi) is 5.03. The van der Waals surface area contributed by atoms with E-state index < -0.39 is 5.78 Å². The van der Waals surface area contributed by atoms with Crippen molar-refractivity contribution < 1.29 is 19.1 Å². The number of benzene rings is 2. The average molecular weight is 458 g/mol. The molecule has 0 aliphatic heterocycles. The van der Waals surface area contributed by atoms with Crippen LogP contribution in [0.15, 0.2) is 77.5 Å². The minimum atomic E-state index is -0.507. The van der Waals surface area contributed by atoms with Gasteiger partial charge in [-0.1, -0.05) is 17.7 Å². The Labute approximate surface area is 192 Å². The van der Waals surface area contributed by atoms with Gasteiger partial charge in [-0.05, 0) is 61.5 Å². The van der Waals surface area contributed by atoms with Crippen molar-refractivity contribution in [2.75, 3.05) is 0 Å². The predicted octanol–water partition coefficient (Wildman–Crippen LogP) is 5.28. The van der Waals surface area contributed by atoms with Crippen LogP contribution in [0.3, 0.4) is 0 Å². The number of carbonyl (C=O) groups is 2. The van der Waals surface area contributed by atoms with E-state index in [1.54, 1.807) is 61.7 Å². The molecule has 5 aromatic rings. The van der Waals surface area contributed by atoms with Crippen LogP contribution in [-0.4, -0.2) is 31.3 Å². The maximum absolute atomic E-state index is 13.5. The largest absolute Gasteiger partial charge is 0.508 e. The van der Waals surface area contributed by atoms with E-state index in [1.165, 1.54) is 22.9 Å². The zero-order chi connectivity index (χ0) is 23.1. The van der Waals surface area contributed by atoms with Crippen molar-refractivity contribution in [3.63, 3.8) is 0 Å². The van der Waals surface area contributed by atoms with Gasteiger partial charge in [0.25, 0.3) is 11.8 Å². The average Bonchev–Trinajstić information content (AvgIpc) is 3.42. The van der Waals surface area contributed by atoms with Crippen molar-refractivity contribution in [2.45, 2.75) is 6.92 Å². The minimum Gasteiger partial charge on any atom is -0.508 e. The van der Waals surface area contributed by atoms with E-state index in [9.17, 15) is 14.7 Å². The monoisotopic (exact) mass is 457 g/mol. The summed E-state index contributed by atoms with van der Waals surface area (Å²) in [6, 6.07) is 16.3. The quantitative estimate of drug-likeness (QED) is 0.369. The summed E-state index contributed by atoms with van der Waals surface area (Å²) in [5.74, 6) is -0.664. The first-order chi connectivity index (χ1) is 15.9. The molecule has 2 aromatic carbocycles. The molecule has 7 nitrogen and oxygen atoms in total. The van der Waals surface area contributed by atoms with Gasteiger partial charge in [-0.2, -0.15) is 0 Å². The van der Waals surface area contributed by atoms with E-state index in [0.717, 1.165) is 0 Å². The molecule has 33 heavy (non-hydrogen) atoms. The number of nitrogens with zero attached hydrogens (tertiary/aromatic N) is 3. The fourth-order valence-electron chi connectivity index (χ4n) is 3.79. The fourth-order valence-corrected chi connectivity index (χ4v) is 3.92. The van der Waals surface area contributed by atoms with E-state index in [4.69, 9.17) is 16.0 Å². The van der Waals surface area contributed by atoms with Crippen LogP contribution >= 0.6 is 11.6 Å². The van der Waals surface area contributed by atoms with Crippen LogP contribution in [0.5, 0.6) is 5.75 Å². The Bertz CT molecular complexity index is 1520. The van der Waals surface area contributed by atoms with Crippen molar-refractivity contribution >= 4 is 34.2 Å². The second kappa shape index (κ2) is 8.03. The molecular formula is C25H16ClN3O4. The van der Waals surface area contributed by atoms with E-state index in [-0.39, 0.29) is 23.1 Å². The van der Waals surface area contributed by atoms with E-state index in [0.29, 0.717) is 38.6 Å². The van der Waals surface area contributed by atoms with Crippen molar-refractivity contribution in [1.82, 2.24) is 14.5 Å². The number of aromatic hydroxyl groups is 1. The van der Waals surface area contributed by atoms with Crippen LogP contribution < -0.4 is 0 Å². The van der Waals surface area contributed by atoms with Crippen LogP contribution in [0.25, 0.3) is 22.4 Å². The molecule has 0 atom stereocenters. The lowest BCUT2D eigenvalue weighted by atomic mass is 10.1. The summed E-state index contributed by atoms with van der Waals surface area (Å²) < 4.78 is 7.13. The van der Waals surface area contributed by atoms with E-state index >= 15 is 0 Å². The number of aromatic nitrogens is 3. The van der Waals surface area contributed by atoms with E-state index in [1.807, 2.05) is 0 Å². The van der Waals surface area contributed by atoms with Gasteiger partial charge >= 0.3 is 0 Å². The van der Waals surface area contributed by atoms with Gasteiger partial charge < -0.3 is 9.52 Å². The molecule has 162 valence electrons. The molecule has 0 spiro atoms. The number of rotatable bonds is 4. The summed E-state index contributed by atoms with van der Waals surface area (Å²) in [6.45, 7) is 1.67. The van der Waals surface area contributed by atoms with Gasteiger partial charge in [0, 0.05) is 27.9 Å². The summed E-state index contributed by atoms with van der Waals surface area (Å²) in [4.78, 5) is 35.1. The number of hydrogen-bond donors (Lipinski definition) is 1. The Morgan fingerprint density at radius 1 is 1.03 bits per heavy atom. The van der Waals surface area contributed by atoms with Crippen LogP contribution in [0, 0.1) is 6.92 Å². The summed E-state index contributed by atoms with van der Waals surface area (Å²) in [7, 11) is 0. The Balaban J connectivity index is 1.64. The highest BCUT2D eigenvalue weighted by Gasteiger charge is 2.27. The third kappa shape index (κ3) is 3.58. The molecule has 8 heteroatoms. The van der Waals surface area contributed by atoms with Gasteiger partial charge in [0.1, 0.15) is 11.4 Å². The van der Waals surface area contributed by atoms with Crippen LogP contribution in [0.4, 0.5) is 0 Å². The number of hydrogen-bond acceptors (Lipinski definition) is 6. The van der Waals surface area contributed by atoms with Gasteiger partial charge in [0.05, 0.1) is 17.3 Å². The number of carbonyl (C=O) groups excluding carboxylic acids is 2. The second-order valence-electron chi connectivity index (χ2n) is 7.38. The van der Waals surface area contributed by atoms with E-state index in [2.05, 4.69) is 9.97 Å². The Hall–Kier alpha value is -4.23. The van der Waals surface area contributed by atoms with Gasteiger partial charge in [-0.3, -0.25) is 19.1 Å². The molecule has 0 radical (unpaired) electrons. The number of pyridine rings is 1. The molecule has 0 saturated carbocycles. The maximum atomic E-state index is 13.5. The predicted molar refractivity (Wildman–Crippen MR) is 123 cm³/mol. The smallest absolute Gasteiger partial charge is 0.268 e. The Morgan fingerprint density at radius 3 is 2.55 bits per heavy atom. The Morgan fingerprint density at radius 2 is 1.82 bits per heavy atom. The second-order valence-corrected chi connectivity index (χ2v) is 7.82. The number of phenols is 1. The number of fused-ring (bicyclic) bond motifs is 1. The highest BCUT2D eigenvalue weighted by atomic mass is 35.5. The third-order valence-electron chi connectivity index (χ3n) is 5.33. The molecule has 1 N–H and O–H groups in total. The number of oxazole rings is 1. The highest BCUT2D eigenvalue weighted by molar-refractivity contribution is 6.30. The fraction of sp³-hybridized carbons (Fsp3) is 0.0400. The first-order valence-corrected chi connectivity index (χ1v) is 10.4. The number of phenolic OH excluding ortho intramolecular Hbond substituents is 1. The lowest BCUT2D eigenvalue weighted by Crippen LogP contribution is -2.14. The summed E-state index contributed by atoms with van der Waals surface area (Å²) in [6.07, 6.45) is 3.04. The summed E-state index contributed by atoms with van der Waals surface area (Å²) in [5.41, 5.74) is 2.04. The maximum Gasteiger partial charge on any atom is 0.268 e. The van der Waals surface area contributed by atoms with Crippen molar-refractivity contribution in [1.29, 1.82) is 0 Å². The first-order valence-electron chi connectivity index (χ1n) is 10.0. The zero-order valence-electron chi connectivity index (χ0n) is 17.3. The lowest BCUT2D eigenvalue weighted by Gasteiger charge is -2.07. The molecule has 0 bridgehead atoms. The number of halogens is 1. The minimum absolute atomic E-state index is 0.0331. The SMILES string of the molecule is Cc1c(C(=O)c2ncc(-c3ccccn3)o2)c2cc(O)ccc2n1C(=O)c1ccc(Cl)cc1. The summed E-state index contributed by atoms with van der Waals surface area (Å²) in [5, 5.41) is 11.0. The molecule has 3 aromatic heterocycles. The molecule has 0 aliphatic carbocycles.